The minimum absolute atomic E-state index is 0.0124. The summed E-state index contributed by atoms with van der Waals surface area (Å²) in [7, 11) is 0. The third kappa shape index (κ3) is 3.23. The van der Waals surface area contributed by atoms with E-state index in [4.69, 9.17) is 9.25 Å². The molecule has 164 valence electrons. The van der Waals surface area contributed by atoms with E-state index in [-0.39, 0.29) is 5.41 Å². The Balaban J connectivity index is 1.21. The molecule has 4 aliphatic carbocycles. The van der Waals surface area contributed by atoms with Crippen molar-refractivity contribution in [3.8, 4) is 0 Å². The van der Waals surface area contributed by atoms with Gasteiger partial charge in [0.2, 0.25) is 0 Å². The molecule has 4 fully saturated rings. The minimum atomic E-state index is -0.0124. The van der Waals surface area contributed by atoms with Crippen molar-refractivity contribution in [3.05, 3.63) is 17.8 Å². The number of rotatable bonds is 4. The van der Waals surface area contributed by atoms with Gasteiger partial charge in [0.25, 0.3) is 0 Å². The van der Waals surface area contributed by atoms with Crippen LogP contribution < -0.4 is 0 Å². The van der Waals surface area contributed by atoms with E-state index in [2.05, 4.69) is 24.0 Å². The number of hydrogen-bond donors (Lipinski definition) is 0. The zero-order valence-electron chi connectivity index (χ0n) is 18.8. The number of nitrogens with zero attached hydrogens (tertiary/aromatic N) is 2. The molecule has 0 aliphatic heterocycles. The standard InChI is InChI=1S/C25H36N2O3/c1-16-26-15-19(30-16)10-13-29-27-18-8-11-24(2)17(14-18)4-5-20-21-6-7-23(28)25(21,3)12-9-22(20)24/h15,17,20-22H,4-14H2,1-3H3/t17?,20?,21?,22?,24-,25-/m0/s1. The summed E-state index contributed by atoms with van der Waals surface area (Å²) in [5, 5.41) is 4.52. The van der Waals surface area contributed by atoms with E-state index in [1.807, 2.05) is 6.92 Å². The van der Waals surface area contributed by atoms with Crippen molar-refractivity contribution in [2.75, 3.05) is 6.61 Å². The molecule has 0 amide bonds. The highest BCUT2D eigenvalue weighted by molar-refractivity contribution is 5.87. The molecule has 6 atom stereocenters. The van der Waals surface area contributed by atoms with Gasteiger partial charge in [-0.25, -0.2) is 4.98 Å². The zero-order valence-corrected chi connectivity index (χ0v) is 18.8. The van der Waals surface area contributed by atoms with E-state index in [9.17, 15) is 4.79 Å². The second-order valence-corrected chi connectivity index (χ2v) is 10.9. The highest BCUT2D eigenvalue weighted by atomic mass is 16.6. The third-order valence-electron chi connectivity index (χ3n) is 9.51. The SMILES string of the molecule is Cc1ncc(CCON=C2CC[C@@]3(C)C(CCC4C3CC[C@]3(C)C(=O)CCC43)C2)o1. The monoisotopic (exact) mass is 412 g/mol. The molecule has 1 heterocycles. The van der Waals surface area contributed by atoms with E-state index in [0.717, 1.165) is 49.7 Å². The summed E-state index contributed by atoms with van der Waals surface area (Å²) in [4.78, 5) is 22.4. The second kappa shape index (κ2) is 7.49. The van der Waals surface area contributed by atoms with Crippen molar-refractivity contribution in [2.24, 2.45) is 39.7 Å². The van der Waals surface area contributed by atoms with E-state index >= 15 is 0 Å². The lowest BCUT2D eigenvalue weighted by molar-refractivity contribution is -0.137. The maximum absolute atomic E-state index is 12.6. The summed E-state index contributed by atoms with van der Waals surface area (Å²) in [6.45, 7) is 7.23. The predicted octanol–water partition coefficient (Wildman–Crippen LogP) is 5.51. The molecule has 0 saturated heterocycles. The van der Waals surface area contributed by atoms with Crippen LogP contribution in [0, 0.1) is 41.4 Å². The molecule has 5 heteroatoms. The molecule has 4 aliphatic rings. The topological polar surface area (TPSA) is 64.7 Å². The molecule has 0 radical (unpaired) electrons. The van der Waals surface area contributed by atoms with Crippen LogP contribution in [0.5, 0.6) is 0 Å². The number of fused-ring (bicyclic) bond motifs is 5. The number of aryl methyl sites for hydroxylation is 1. The summed E-state index contributed by atoms with van der Waals surface area (Å²) >= 11 is 0. The van der Waals surface area contributed by atoms with Gasteiger partial charge in [0, 0.05) is 25.2 Å². The number of Topliss-reactive ketones (excluding diaryl/α,β-unsaturated/α-hetero) is 1. The number of carbonyl (C=O) groups excluding carboxylic acids is 1. The van der Waals surface area contributed by atoms with Crippen molar-refractivity contribution in [1.82, 2.24) is 4.98 Å². The van der Waals surface area contributed by atoms with Gasteiger partial charge in [0.15, 0.2) is 5.89 Å². The van der Waals surface area contributed by atoms with Crippen molar-refractivity contribution in [3.63, 3.8) is 0 Å². The van der Waals surface area contributed by atoms with Gasteiger partial charge in [-0.05, 0) is 80.5 Å². The Morgan fingerprint density at radius 3 is 2.83 bits per heavy atom. The Bertz CT molecular complexity index is 845. The fourth-order valence-electron chi connectivity index (χ4n) is 7.72. The van der Waals surface area contributed by atoms with Crippen LogP contribution in [0.3, 0.4) is 0 Å². The first kappa shape index (κ1) is 20.3. The molecular weight excluding hydrogens is 376 g/mol. The van der Waals surface area contributed by atoms with Gasteiger partial charge < -0.3 is 9.25 Å². The summed E-state index contributed by atoms with van der Waals surface area (Å²) < 4.78 is 5.49. The number of ketones is 1. The maximum atomic E-state index is 12.6. The molecule has 0 spiro atoms. The smallest absolute Gasteiger partial charge is 0.191 e. The van der Waals surface area contributed by atoms with Crippen LogP contribution in [0.25, 0.3) is 0 Å². The van der Waals surface area contributed by atoms with Gasteiger partial charge in [-0.2, -0.15) is 0 Å². The number of oxime groups is 1. The molecule has 0 bridgehead atoms. The van der Waals surface area contributed by atoms with Crippen LogP contribution >= 0.6 is 0 Å². The molecule has 4 unspecified atom stereocenters. The van der Waals surface area contributed by atoms with Gasteiger partial charge in [-0.15, -0.1) is 0 Å². The summed E-state index contributed by atoms with van der Waals surface area (Å²) in [6.07, 6.45) is 12.8. The van der Waals surface area contributed by atoms with Crippen LogP contribution in [0.2, 0.25) is 0 Å². The van der Waals surface area contributed by atoms with E-state index < -0.39 is 0 Å². The van der Waals surface area contributed by atoms with Gasteiger partial charge in [0.05, 0.1) is 11.9 Å². The summed E-state index contributed by atoms with van der Waals surface area (Å²) in [5.74, 6) is 5.01. The summed E-state index contributed by atoms with van der Waals surface area (Å²) in [5.41, 5.74) is 1.63. The highest BCUT2D eigenvalue weighted by Crippen LogP contribution is 2.65. The zero-order chi connectivity index (χ0) is 20.9. The lowest BCUT2D eigenvalue weighted by Gasteiger charge is -2.59. The van der Waals surface area contributed by atoms with Gasteiger partial charge in [-0.1, -0.05) is 19.0 Å². The molecule has 0 aromatic carbocycles. The average Bonchev–Trinajstić information content (AvgIpc) is 3.28. The first-order valence-electron chi connectivity index (χ1n) is 12.0. The maximum Gasteiger partial charge on any atom is 0.191 e. The largest absolute Gasteiger partial charge is 0.446 e. The van der Waals surface area contributed by atoms with Gasteiger partial charge >= 0.3 is 0 Å². The highest BCUT2D eigenvalue weighted by Gasteiger charge is 2.60. The van der Waals surface area contributed by atoms with Crippen molar-refractivity contribution >= 4 is 11.5 Å². The first-order valence-corrected chi connectivity index (χ1v) is 12.0. The van der Waals surface area contributed by atoms with E-state index in [1.54, 1.807) is 6.20 Å². The number of carbonyl (C=O) groups is 1. The molecule has 30 heavy (non-hydrogen) atoms. The lowest BCUT2D eigenvalue weighted by atomic mass is 9.45. The number of aromatic nitrogens is 1. The first-order chi connectivity index (χ1) is 14.4. The fourth-order valence-corrected chi connectivity index (χ4v) is 7.72. The van der Waals surface area contributed by atoms with Crippen molar-refractivity contribution in [1.29, 1.82) is 0 Å². The Labute approximate surface area is 180 Å². The van der Waals surface area contributed by atoms with Crippen LogP contribution in [-0.4, -0.2) is 23.1 Å². The minimum Gasteiger partial charge on any atom is -0.446 e. The number of oxazole rings is 1. The molecule has 5 rings (SSSR count). The molecular formula is C25H36N2O3. The number of hydrogen-bond acceptors (Lipinski definition) is 5. The fraction of sp³-hybridized carbons (Fsp3) is 0.800. The molecule has 0 N–H and O–H groups in total. The second-order valence-electron chi connectivity index (χ2n) is 10.9. The molecule has 1 aromatic heterocycles. The molecule has 1 aromatic rings. The molecule has 5 nitrogen and oxygen atoms in total. The quantitative estimate of drug-likeness (QED) is 0.483. The summed E-state index contributed by atoms with van der Waals surface area (Å²) in [6, 6.07) is 0. The van der Waals surface area contributed by atoms with Crippen LogP contribution in [0.1, 0.15) is 83.3 Å². The third-order valence-corrected chi connectivity index (χ3v) is 9.51. The van der Waals surface area contributed by atoms with Crippen LogP contribution in [0.4, 0.5) is 0 Å². The van der Waals surface area contributed by atoms with Crippen molar-refractivity contribution < 1.29 is 14.0 Å². The van der Waals surface area contributed by atoms with Gasteiger partial charge in [-0.3, -0.25) is 4.79 Å². The van der Waals surface area contributed by atoms with Crippen LogP contribution in [0.15, 0.2) is 15.8 Å². The Hall–Kier alpha value is -1.65. The van der Waals surface area contributed by atoms with Crippen molar-refractivity contribution in [2.45, 2.75) is 85.0 Å². The van der Waals surface area contributed by atoms with Gasteiger partial charge in [0.1, 0.15) is 18.2 Å². The van der Waals surface area contributed by atoms with E-state index in [1.165, 1.54) is 31.4 Å². The van der Waals surface area contributed by atoms with E-state index in [0.29, 0.717) is 42.0 Å². The predicted molar refractivity (Wildman–Crippen MR) is 115 cm³/mol. The Morgan fingerprint density at radius 1 is 1.17 bits per heavy atom. The van der Waals surface area contributed by atoms with Crippen LogP contribution in [-0.2, 0) is 16.1 Å². The lowest BCUT2D eigenvalue weighted by Crippen LogP contribution is -2.53. The normalized spacial score (nSPS) is 42.0. The average molecular weight is 413 g/mol. The Morgan fingerprint density at radius 2 is 2.03 bits per heavy atom. The molecule has 4 saturated carbocycles. The Kier molecular flexibility index (Phi) is 5.06.